The summed E-state index contributed by atoms with van der Waals surface area (Å²) in [5.41, 5.74) is 2.24. The summed E-state index contributed by atoms with van der Waals surface area (Å²) >= 11 is 0. The van der Waals surface area contributed by atoms with Crippen LogP contribution in [0.15, 0.2) is 60.7 Å². The van der Waals surface area contributed by atoms with Gasteiger partial charge in [0.15, 0.2) is 5.82 Å². The molecule has 0 saturated carbocycles. The van der Waals surface area contributed by atoms with Crippen molar-refractivity contribution in [1.29, 1.82) is 0 Å². The molecule has 1 aromatic heterocycles. The largest absolute Gasteiger partial charge is 0.305 e. The highest BCUT2D eigenvalue weighted by molar-refractivity contribution is 6.04. The Kier molecular flexibility index (Phi) is 4.10. The van der Waals surface area contributed by atoms with E-state index in [1.165, 1.54) is 6.07 Å². The summed E-state index contributed by atoms with van der Waals surface area (Å²) in [5, 5.41) is 10.6. The van der Waals surface area contributed by atoms with E-state index in [0.717, 1.165) is 5.56 Å². The summed E-state index contributed by atoms with van der Waals surface area (Å²) in [6.45, 7) is 1.86. The summed E-state index contributed by atoms with van der Waals surface area (Å²) < 4.78 is 13.7. The average molecular weight is 307 g/mol. The molecule has 0 atom stereocenters. The smallest absolute Gasteiger partial charge is 0.257 e. The maximum absolute atomic E-state index is 13.7. The fourth-order valence-corrected chi connectivity index (χ4v) is 2.22. The van der Waals surface area contributed by atoms with Crippen molar-refractivity contribution in [3.05, 3.63) is 77.6 Å². The number of amides is 1. The van der Waals surface area contributed by atoms with Gasteiger partial charge in [-0.15, -0.1) is 10.2 Å². The Morgan fingerprint density at radius 3 is 2.39 bits per heavy atom. The van der Waals surface area contributed by atoms with Crippen molar-refractivity contribution in [2.75, 3.05) is 5.32 Å². The molecule has 1 heterocycles. The van der Waals surface area contributed by atoms with Crippen LogP contribution in [0.2, 0.25) is 0 Å². The van der Waals surface area contributed by atoms with Gasteiger partial charge in [0.2, 0.25) is 0 Å². The molecule has 1 amide bonds. The second-order valence-corrected chi connectivity index (χ2v) is 5.05. The SMILES string of the molecule is Cc1ccccc1C(=O)Nc1ccc(-c2ccccc2F)nn1. The van der Waals surface area contributed by atoms with E-state index in [1.807, 2.05) is 19.1 Å². The first-order valence-corrected chi connectivity index (χ1v) is 7.11. The van der Waals surface area contributed by atoms with E-state index in [4.69, 9.17) is 0 Å². The second-order valence-electron chi connectivity index (χ2n) is 5.05. The van der Waals surface area contributed by atoms with Gasteiger partial charge in [0.1, 0.15) is 5.82 Å². The summed E-state index contributed by atoms with van der Waals surface area (Å²) in [4.78, 5) is 12.2. The Bertz CT molecular complexity index is 847. The summed E-state index contributed by atoms with van der Waals surface area (Å²) in [7, 11) is 0. The van der Waals surface area contributed by atoms with Crippen LogP contribution in [0.25, 0.3) is 11.3 Å². The summed E-state index contributed by atoms with van der Waals surface area (Å²) in [6, 6.07) is 16.8. The number of halogens is 1. The van der Waals surface area contributed by atoms with Crippen molar-refractivity contribution < 1.29 is 9.18 Å². The van der Waals surface area contributed by atoms with Crippen LogP contribution < -0.4 is 5.32 Å². The second kappa shape index (κ2) is 6.36. The minimum atomic E-state index is -0.363. The van der Waals surface area contributed by atoms with Gasteiger partial charge in [0, 0.05) is 11.1 Å². The quantitative estimate of drug-likeness (QED) is 0.799. The van der Waals surface area contributed by atoms with Gasteiger partial charge >= 0.3 is 0 Å². The number of nitrogens with zero attached hydrogens (tertiary/aromatic N) is 2. The highest BCUT2D eigenvalue weighted by atomic mass is 19.1. The first-order valence-electron chi connectivity index (χ1n) is 7.11. The van der Waals surface area contributed by atoms with Gasteiger partial charge in [-0.1, -0.05) is 30.3 Å². The van der Waals surface area contributed by atoms with Crippen molar-refractivity contribution in [3.8, 4) is 11.3 Å². The number of hydrogen-bond donors (Lipinski definition) is 1. The number of hydrogen-bond acceptors (Lipinski definition) is 3. The first-order chi connectivity index (χ1) is 11.1. The van der Waals surface area contributed by atoms with Crippen molar-refractivity contribution >= 4 is 11.7 Å². The lowest BCUT2D eigenvalue weighted by atomic mass is 10.1. The van der Waals surface area contributed by atoms with Crippen LogP contribution in [0, 0.1) is 12.7 Å². The molecule has 0 bridgehead atoms. The van der Waals surface area contributed by atoms with Crippen molar-refractivity contribution in [1.82, 2.24) is 10.2 Å². The Balaban J connectivity index is 1.80. The first kappa shape index (κ1) is 14.8. The van der Waals surface area contributed by atoms with E-state index in [0.29, 0.717) is 22.6 Å². The molecule has 3 rings (SSSR count). The topological polar surface area (TPSA) is 54.9 Å². The molecule has 4 nitrogen and oxygen atoms in total. The van der Waals surface area contributed by atoms with Gasteiger partial charge < -0.3 is 5.32 Å². The third-order valence-electron chi connectivity index (χ3n) is 3.45. The third-order valence-corrected chi connectivity index (χ3v) is 3.45. The molecule has 0 spiro atoms. The Hall–Kier alpha value is -3.08. The standard InChI is InChI=1S/C18H14FN3O/c1-12-6-2-3-7-13(12)18(23)20-17-11-10-16(21-22-17)14-8-4-5-9-15(14)19/h2-11H,1H3,(H,20,22,23). The van der Waals surface area contributed by atoms with E-state index in [2.05, 4.69) is 15.5 Å². The van der Waals surface area contributed by atoms with Crippen LogP contribution in [-0.2, 0) is 0 Å². The van der Waals surface area contributed by atoms with Gasteiger partial charge in [0.25, 0.3) is 5.91 Å². The molecule has 2 aromatic carbocycles. The molecular formula is C18H14FN3O. The number of anilines is 1. The molecule has 1 N–H and O–H groups in total. The number of nitrogens with one attached hydrogen (secondary N) is 1. The Morgan fingerprint density at radius 1 is 0.957 bits per heavy atom. The van der Waals surface area contributed by atoms with Gasteiger partial charge in [-0.3, -0.25) is 4.79 Å². The van der Waals surface area contributed by atoms with E-state index >= 15 is 0 Å². The van der Waals surface area contributed by atoms with Crippen LogP contribution in [0.4, 0.5) is 10.2 Å². The fraction of sp³-hybridized carbons (Fsp3) is 0.0556. The summed E-state index contributed by atoms with van der Waals surface area (Å²) in [5.74, 6) is -0.298. The van der Waals surface area contributed by atoms with Crippen molar-refractivity contribution in [2.45, 2.75) is 6.92 Å². The van der Waals surface area contributed by atoms with Crippen molar-refractivity contribution in [2.24, 2.45) is 0 Å². The molecule has 114 valence electrons. The number of aromatic nitrogens is 2. The molecule has 0 aliphatic heterocycles. The van der Waals surface area contributed by atoms with Crippen molar-refractivity contribution in [3.63, 3.8) is 0 Å². The number of rotatable bonds is 3. The molecule has 0 radical (unpaired) electrons. The monoisotopic (exact) mass is 307 g/mol. The van der Waals surface area contributed by atoms with E-state index in [9.17, 15) is 9.18 Å². The molecule has 3 aromatic rings. The van der Waals surface area contributed by atoms with E-state index in [1.54, 1.807) is 42.5 Å². The Labute approximate surface area is 133 Å². The van der Waals surface area contributed by atoms with Gasteiger partial charge in [-0.25, -0.2) is 4.39 Å². The molecular weight excluding hydrogens is 293 g/mol. The van der Waals surface area contributed by atoms with Crippen LogP contribution in [0.1, 0.15) is 15.9 Å². The normalized spacial score (nSPS) is 10.3. The van der Waals surface area contributed by atoms with E-state index in [-0.39, 0.29) is 11.7 Å². The molecule has 5 heteroatoms. The highest BCUT2D eigenvalue weighted by Gasteiger charge is 2.10. The minimum Gasteiger partial charge on any atom is -0.305 e. The molecule has 0 aliphatic rings. The zero-order valence-electron chi connectivity index (χ0n) is 12.5. The zero-order chi connectivity index (χ0) is 16.2. The number of carbonyl (C=O) groups excluding carboxylic acids is 1. The fourth-order valence-electron chi connectivity index (χ4n) is 2.22. The zero-order valence-corrected chi connectivity index (χ0v) is 12.5. The highest BCUT2D eigenvalue weighted by Crippen LogP contribution is 2.20. The van der Waals surface area contributed by atoms with Gasteiger partial charge in [-0.05, 0) is 42.8 Å². The predicted octanol–water partition coefficient (Wildman–Crippen LogP) is 3.84. The number of aryl methyl sites for hydroxylation is 1. The average Bonchev–Trinajstić information content (AvgIpc) is 2.56. The molecule has 0 unspecified atom stereocenters. The van der Waals surface area contributed by atoms with Crippen LogP contribution in [0.5, 0.6) is 0 Å². The van der Waals surface area contributed by atoms with Gasteiger partial charge in [-0.2, -0.15) is 0 Å². The molecule has 23 heavy (non-hydrogen) atoms. The summed E-state index contributed by atoms with van der Waals surface area (Å²) in [6.07, 6.45) is 0. The lowest BCUT2D eigenvalue weighted by Crippen LogP contribution is -2.14. The maximum atomic E-state index is 13.7. The van der Waals surface area contributed by atoms with E-state index < -0.39 is 0 Å². The molecule has 0 saturated heterocycles. The molecule has 0 fully saturated rings. The number of carbonyl (C=O) groups is 1. The minimum absolute atomic E-state index is 0.254. The third kappa shape index (κ3) is 3.23. The maximum Gasteiger partial charge on any atom is 0.257 e. The predicted molar refractivity (Wildman–Crippen MR) is 86.6 cm³/mol. The Morgan fingerprint density at radius 2 is 1.70 bits per heavy atom. The van der Waals surface area contributed by atoms with Crippen LogP contribution in [0.3, 0.4) is 0 Å². The van der Waals surface area contributed by atoms with Gasteiger partial charge in [0.05, 0.1) is 5.69 Å². The lowest BCUT2D eigenvalue weighted by molar-refractivity contribution is 0.102. The lowest BCUT2D eigenvalue weighted by Gasteiger charge is -2.07. The van der Waals surface area contributed by atoms with Crippen LogP contribution in [-0.4, -0.2) is 16.1 Å². The van der Waals surface area contributed by atoms with Crippen LogP contribution >= 0.6 is 0 Å². The number of benzene rings is 2. The molecule has 0 aliphatic carbocycles.